The molecule has 3 aliphatic rings. The molecule has 26 heavy (non-hydrogen) atoms. The van der Waals surface area contributed by atoms with Crippen LogP contribution in [0.5, 0.6) is 0 Å². The molecule has 2 aliphatic heterocycles. The molecule has 3 N–H and O–H groups in total. The van der Waals surface area contributed by atoms with E-state index in [0.717, 1.165) is 12.8 Å². The molecule has 3 atom stereocenters. The lowest BCUT2D eigenvalue weighted by Gasteiger charge is -2.31. The first-order valence-electron chi connectivity index (χ1n) is 9.40. The second kappa shape index (κ2) is 8.89. The van der Waals surface area contributed by atoms with Crippen molar-refractivity contribution in [2.75, 3.05) is 24.6 Å². The van der Waals surface area contributed by atoms with Gasteiger partial charge in [-0.1, -0.05) is 19.3 Å². The van der Waals surface area contributed by atoms with Gasteiger partial charge in [-0.25, -0.2) is 8.42 Å². The number of carbonyl (C=O) groups excluding carboxylic acids is 2. The van der Waals surface area contributed by atoms with Gasteiger partial charge in [-0.05, 0) is 25.2 Å². The highest BCUT2D eigenvalue weighted by Gasteiger charge is 2.42. The lowest BCUT2D eigenvalue weighted by atomic mass is 9.83. The fourth-order valence-corrected chi connectivity index (χ4v) is 6.22. The first kappa shape index (κ1) is 21.4. The van der Waals surface area contributed by atoms with Gasteiger partial charge in [0, 0.05) is 31.6 Å². The molecule has 7 nitrogen and oxygen atoms in total. The summed E-state index contributed by atoms with van der Waals surface area (Å²) >= 11 is 0. The molecule has 0 bridgehead atoms. The van der Waals surface area contributed by atoms with E-state index in [2.05, 4.69) is 5.32 Å². The number of rotatable bonds is 5. The van der Waals surface area contributed by atoms with Crippen LogP contribution in [-0.2, 0) is 19.4 Å². The van der Waals surface area contributed by atoms with Crippen LogP contribution in [0.3, 0.4) is 0 Å². The molecule has 1 saturated carbocycles. The topological polar surface area (TPSA) is 110 Å². The van der Waals surface area contributed by atoms with Crippen LogP contribution in [-0.4, -0.2) is 61.8 Å². The van der Waals surface area contributed by atoms with Gasteiger partial charge in [0.2, 0.25) is 11.8 Å². The molecule has 3 fully saturated rings. The number of carbonyl (C=O) groups is 2. The van der Waals surface area contributed by atoms with Crippen molar-refractivity contribution in [1.29, 1.82) is 0 Å². The van der Waals surface area contributed by atoms with E-state index >= 15 is 0 Å². The standard InChI is InChI=1S/C17H29N3O4S.ClH/c18-9-15(12-4-2-1-3-5-12)19-17(22)13-8-16(21)20(10-13)14-6-7-25(23,24)11-14;/h12-15H,1-11,18H2,(H,19,22);1H. The van der Waals surface area contributed by atoms with Crippen LogP contribution in [0.25, 0.3) is 0 Å². The zero-order chi connectivity index (χ0) is 18.0. The number of sulfone groups is 1. The number of nitrogens with one attached hydrogen (secondary N) is 1. The first-order valence-corrected chi connectivity index (χ1v) is 11.2. The van der Waals surface area contributed by atoms with E-state index in [1.165, 1.54) is 19.3 Å². The Morgan fingerprint density at radius 2 is 1.92 bits per heavy atom. The van der Waals surface area contributed by atoms with E-state index in [-0.39, 0.29) is 54.2 Å². The number of nitrogens with zero attached hydrogens (tertiary/aromatic N) is 1. The molecule has 9 heteroatoms. The van der Waals surface area contributed by atoms with Crippen LogP contribution in [0, 0.1) is 11.8 Å². The van der Waals surface area contributed by atoms with Gasteiger partial charge in [-0.15, -0.1) is 12.4 Å². The third-order valence-electron chi connectivity index (χ3n) is 5.98. The van der Waals surface area contributed by atoms with Crippen LogP contribution in [0.2, 0.25) is 0 Å². The second-order valence-corrected chi connectivity index (χ2v) is 9.98. The Morgan fingerprint density at radius 3 is 2.50 bits per heavy atom. The number of halogens is 1. The molecule has 3 rings (SSSR count). The summed E-state index contributed by atoms with van der Waals surface area (Å²) in [6.45, 7) is 0.745. The van der Waals surface area contributed by atoms with E-state index in [1.807, 2.05) is 0 Å². The molecule has 150 valence electrons. The van der Waals surface area contributed by atoms with Gasteiger partial charge in [0.15, 0.2) is 9.84 Å². The monoisotopic (exact) mass is 407 g/mol. The number of hydrogen-bond donors (Lipinski definition) is 2. The Bertz CT molecular complexity index is 621. The number of nitrogens with two attached hydrogens (primary N) is 1. The summed E-state index contributed by atoms with van der Waals surface area (Å²) in [4.78, 5) is 26.5. The Morgan fingerprint density at radius 1 is 1.23 bits per heavy atom. The average Bonchev–Trinajstić information content (AvgIpc) is 3.15. The second-order valence-electron chi connectivity index (χ2n) is 7.75. The highest BCUT2D eigenvalue weighted by molar-refractivity contribution is 7.91. The van der Waals surface area contributed by atoms with Gasteiger partial charge in [0.25, 0.3) is 0 Å². The molecule has 0 aromatic rings. The van der Waals surface area contributed by atoms with Gasteiger partial charge in [0.05, 0.1) is 17.4 Å². The normalized spacial score (nSPS) is 30.0. The summed E-state index contributed by atoms with van der Waals surface area (Å²) in [6.07, 6.45) is 6.46. The largest absolute Gasteiger partial charge is 0.352 e. The molecule has 3 unspecified atom stereocenters. The molecule has 0 radical (unpaired) electrons. The smallest absolute Gasteiger partial charge is 0.225 e. The molecule has 2 heterocycles. The summed E-state index contributed by atoms with van der Waals surface area (Å²) in [5.74, 6) is -0.0261. The predicted molar refractivity (Wildman–Crippen MR) is 102 cm³/mol. The van der Waals surface area contributed by atoms with Crippen molar-refractivity contribution in [3.63, 3.8) is 0 Å². The van der Waals surface area contributed by atoms with Crippen molar-refractivity contribution >= 4 is 34.1 Å². The molecule has 2 amide bonds. The third-order valence-corrected chi connectivity index (χ3v) is 7.73. The van der Waals surface area contributed by atoms with Gasteiger partial charge in [-0.3, -0.25) is 9.59 Å². The summed E-state index contributed by atoms with van der Waals surface area (Å²) in [5, 5.41) is 3.07. The SMILES string of the molecule is Cl.NCC(NC(=O)C1CC(=O)N(C2CCS(=O)(=O)C2)C1)C1CCCCC1. The highest BCUT2D eigenvalue weighted by Crippen LogP contribution is 2.28. The van der Waals surface area contributed by atoms with Crippen molar-refractivity contribution in [1.82, 2.24) is 10.2 Å². The van der Waals surface area contributed by atoms with Gasteiger partial charge in [0.1, 0.15) is 0 Å². The first-order chi connectivity index (χ1) is 11.9. The molecule has 0 spiro atoms. The minimum Gasteiger partial charge on any atom is -0.352 e. The molecule has 0 aromatic heterocycles. The summed E-state index contributed by atoms with van der Waals surface area (Å²) < 4.78 is 23.3. The number of amides is 2. The van der Waals surface area contributed by atoms with Crippen molar-refractivity contribution < 1.29 is 18.0 Å². The quantitative estimate of drug-likeness (QED) is 0.688. The van der Waals surface area contributed by atoms with Crippen LogP contribution in [0.4, 0.5) is 0 Å². The lowest BCUT2D eigenvalue weighted by Crippen LogP contribution is -2.48. The maximum absolute atomic E-state index is 12.6. The van der Waals surface area contributed by atoms with E-state index < -0.39 is 15.8 Å². The lowest BCUT2D eigenvalue weighted by molar-refractivity contribution is -0.130. The zero-order valence-corrected chi connectivity index (χ0v) is 16.7. The zero-order valence-electron chi connectivity index (χ0n) is 15.1. The molecule has 2 saturated heterocycles. The van der Waals surface area contributed by atoms with Crippen molar-refractivity contribution in [3.05, 3.63) is 0 Å². The van der Waals surface area contributed by atoms with Crippen molar-refractivity contribution in [3.8, 4) is 0 Å². The van der Waals surface area contributed by atoms with E-state index in [0.29, 0.717) is 25.4 Å². The Hall–Kier alpha value is -0.860. The fourth-order valence-electron chi connectivity index (χ4n) is 4.49. The van der Waals surface area contributed by atoms with E-state index in [4.69, 9.17) is 5.73 Å². The number of hydrogen-bond acceptors (Lipinski definition) is 5. The average molecular weight is 408 g/mol. The summed E-state index contributed by atoms with van der Waals surface area (Å²) in [7, 11) is -3.04. The summed E-state index contributed by atoms with van der Waals surface area (Å²) in [6, 6.07) is -0.289. The third kappa shape index (κ3) is 4.89. The van der Waals surface area contributed by atoms with E-state index in [9.17, 15) is 18.0 Å². The van der Waals surface area contributed by atoms with Crippen molar-refractivity contribution in [2.24, 2.45) is 17.6 Å². The maximum Gasteiger partial charge on any atom is 0.225 e. The van der Waals surface area contributed by atoms with Crippen LogP contribution < -0.4 is 11.1 Å². The summed E-state index contributed by atoms with van der Waals surface area (Å²) in [5.41, 5.74) is 5.88. The van der Waals surface area contributed by atoms with Crippen LogP contribution in [0.1, 0.15) is 44.9 Å². The van der Waals surface area contributed by atoms with Crippen molar-refractivity contribution in [2.45, 2.75) is 57.0 Å². The maximum atomic E-state index is 12.6. The Balaban J connectivity index is 0.00000243. The minimum atomic E-state index is -3.04. The van der Waals surface area contributed by atoms with E-state index in [1.54, 1.807) is 4.90 Å². The molecule has 1 aliphatic carbocycles. The Kier molecular flexibility index (Phi) is 7.33. The van der Waals surface area contributed by atoms with Crippen LogP contribution >= 0.6 is 12.4 Å². The highest BCUT2D eigenvalue weighted by atomic mass is 35.5. The predicted octanol–water partition coefficient (Wildman–Crippen LogP) is 0.468. The minimum absolute atomic E-state index is 0. The molecule has 0 aromatic carbocycles. The molecular weight excluding hydrogens is 378 g/mol. The van der Waals surface area contributed by atoms with Gasteiger partial charge in [-0.2, -0.15) is 0 Å². The fraction of sp³-hybridized carbons (Fsp3) is 0.882. The Labute approximate surface area is 161 Å². The van der Waals surface area contributed by atoms with Gasteiger partial charge < -0.3 is 16.0 Å². The van der Waals surface area contributed by atoms with Crippen LogP contribution in [0.15, 0.2) is 0 Å². The van der Waals surface area contributed by atoms with Gasteiger partial charge >= 0.3 is 0 Å². The molecular formula is C17H30ClN3O4S. The number of likely N-dealkylation sites (tertiary alicyclic amines) is 1.